The number of amides is 1. The van der Waals surface area contributed by atoms with Gasteiger partial charge >= 0.3 is 5.97 Å². The molecule has 1 saturated carbocycles. The lowest BCUT2D eigenvalue weighted by molar-refractivity contribution is -0.151. The van der Waals surface area contributed by atoms with Crippen molar-refractivity contribution in [3.63, 3.8) is 0 Å². The van der Waals surface area contributed by atoms with Crippen molar-refractivity contribution in [2.45, 2.75) is 24.7 Å². The number of hydrogen-bond acceptors (Lipinski definition) is 4. The maximum absolute atomic E-state index is 12.1. The van der Waals surface area contributed by atoms with E-state index in [-0.39, 0.29) is 4.90 Å². The van der Waals surface area contributed by atoms with Crippen LogP contribution in [0.1, 0.15) is 18.4 Å². The highest BCUT2D eigenvalue weighted by Gasteiger charge is 2.41. The zero-order valence-electron chi connectivity index (χ0n) is 12.3. The minimum absolute atomic E-state index is 0.0798. The zero-order valence-corrected chi connectivity index (χ0v) is 13.1. The summed E-state index contributed by atoms with van der Waals surface area (Å²) in [5.41, 5.74) is 0.889. The minimum atomic E-state index is -3.62. The molecule has 1 aromatic rings. The van der Waals surface area contributed by atoms with Gasteiger partial charge in [0.25, 0.3) is 0 Å². The molecule has 1 aromatic carbocycles. The molecular weight excluding hydrogens is 308 g/mol. The third-order valence-corrected chi connectivity index (χ3v) is 5.50. The van der Waals surface area contributed by atoms with Gasteiger partial charge < -0.3 is 10.4 Å². The molecule has 1 aliphatic carbocycles. The zero-order chi connectivity index (χ0) is 16.5. The van der Waals surface area contributed by atoms with Gasteiger partial charge in [0, 0.05) is 5.69 Å². The van der Waals surface area contributed by atoms with Crippen LogP contribution in [0.15, 0.2) is 23.1 Å². The predicted molar refractivity (Wildman–Crippen MR) is 79.9 cm³/mol. The number of aliphatic carboxylic acids is 1. The Kier molecular flexibility index (Phi) is 4.52. The molecule has 2 unspecified atom stereocenters. The van der Waals surface area contributed by atoms with Crippen LogP contribution >= 0.6 is 0 Å². The van der Waals surface area contributed by atoms with E-state index < -0.39 is 33.7 Å². The van der Waals surface area contributed by atoms with E-state index >= 15 is 0 Å². The van der Waals surface area contributed by atoms with Crippen molar-refractivity contribution in [1.29, 1.82) is 0 Å². The number of sulfonamides is 1. The fraction of sp³-hybridized carbons (Fsp3) is 0.429. The maximum atomic E-state index is 12.1. The van der Waals surface area contributed by atoms with Crippen LogP contribution in [0.5, 0.6) is 0 Å². The molecular formula is C14H18N2O5S. The Morgan fingerprint density at radius 2 is 1.86 bits per heavy atom. The van der Waals surface area contributed by atoms with Crippen molar-refractivity contribution in [3.05, 3.63) is 23.8 Å². The van der Waals surface area contributed by atoms with Crippen LogP contribution in [0.3, 0.4) is 0 Å². The Labute approximate surface area is 128 Å². The topological polar surface area (TPSA) is 113 Å². The van der Waals surface area contributed by atoms with E-state index in [2.05, 4.69) is 10.0 Å². The quantitative estimate of drug-likeness (QED) is 0.746. The average molecular weight is 326 g/mol. The van der Waals surface area contributed by atoms with Crippen LogP contribution < -0.4 is 10.0 Å². The van der Waals surface area contributed by atoms with Crippen LogP contribution in [0.2, 0.25) is 0 Å². The van der Waals surface area contributed by atoms with Crippen molar-refractivity contribution in [2.75, 3.05) is 12.4 Å². The van der Waals surface area contributed by atoms with Gasteiger partial charge in [-0.1, -0.05) is 6.07 Å². The Morgan fingerprint density at radius 1 is 1.23 bits per heavy atom. The Morgan fingerprint density at radius 3 is 2.36 bits per heavy atom. The Balaban J connectivity index is 2.19. The van der Waals surface area contributed by atoms with E-state index in [1.165, 1.54) is 13.1 Å². The molecule has 22 heavy (non-hydrogen) atoms. The van der Waals surface area contributed by atoms with Crippen molar-refractivity contribution in [2.24, 2.45) is 11.8 Å². The summed E-state index contributed by atoms with van der Waals surface area (Å²) in [5, 5.41) is 11.6. The predicted octanol–water partition coefficient (Wildman–Crippen LogP) is 0.952. The minimum Gasteiger partial charge on any atom is -0.481 e. The highest BCUT2D eigenvalue weighted by molar-refractivity contribution is 7.89. The lowest BCUT2D eigenvalue weighted by atomic mass is 9.73. The van der Waals surface area contributed by atoms with Gasteiger partial charge in [0.2, 0.25) is 15.9 Å². The van der Waals surface area contributed by atoms with Crippen LogP contribution in [0, 0.1) is 18.8 Å². The first-order chi connectivity index (χ1) is 10.3. The molecule has 1 aliphatic rings. The first-order valence-corrected chi connectivity index (χ1v) is 8.32. The summed E-state index contributed by atoms with van der Waals surface area (Å²) < 4.78 is 26.0. The first kappa shape index (κ1) is 16.4. The van der Waals surface area contributed by atoms with E-state index in [0.29, 0.717) is 24.1 Å². The molecule has 1 amide bonds. The Hall–Kier alpha value is -1.93. The molecule has 7 nitrogen and oxygen atoms in total. The molecule has 2 rings (SSSR count). The molecule has 2 atom stereocenters. The van der Waals surface area contributed by atoms with Gasteiger partial charge in [-0.15, -0.1) is 0 Å². The van der Waals surface area contributed by atoms with Crippen molar-refractivity contribution in [3.8, 4) is 0 Å². The third-order valence-electron chi connectivity index (χ3n) is 3.94. The van der Waals surface area contributed by atoms with E-state index in [4.69, 9.17) is 5.11 Å². The fourth-order valence-electron chi connectivity index (χ4n) is 2.42. The van der Waals surface area contributed by atoms with Gasteiger partial charge in [-0.2, -0.15) is 0 Å². The largest absolute Gasteiger partial charge is 0.481 e. The van der Waals surface area contributed by atoms with Crippen LogP contribution in [0.25, 0.3) is 0 Å². The maximum Gasteiger partial charge on any atom is 0.307 e. The van der Waals surface area contributed by atoms with Crippen LogP contribution in [-0.4, -0.2) is 32.4 Å². The molecule has 0 aromatic heterocycles. The second-order valence-corrected chi connectivity index (χ2v) is 7.16. The molecule has 0 aliphatic heterocycles. The molecule has 0 heterocycles. The third kappa shape index (κ3) is 3.12. The number of carboxylic acids is 1. The van der Waals surface area contributed by atoms with Crippen molar-refractivity contribution < 1.29 is 23.1 Å². The van der Waals surface area contributed by atoms with E-state index in [0.717, 1.165) is 0 Å². The smallest absolute Gasteiger partial charge is 0.307 e. The molecule has 3 N–H and O–H groups in total. The van der Waals surface area contributed by atoms with Crippen LogP contribution in [-0.2, 0) is 19.6 Å². The highest BCUT2D eigenvalue weighted by atomic mass is 32.2. The Bertz CT molecular complexity index is 714. The number of aryl methyl sites for hydroxylation is 1. The summed E-state index contributed by atoms with van der Waals surface area (Å²) >= 11 is 0. The number of nitrogens with one attached hydrogen (secondary N) is 2. The molecule has 0 saturated heterocycles. The van der Waals surface area contributed by atoms with Gasteiger partial charge in [0.1, 0.15) is 0 Å². The number of carboxylic acid groups (broad SMARTS) is 1. The lowest BCUT2D eigenvalue weighted by Crippen LogP contribution is -2.41. The summed E-state index contributed by atoms with van der Waals surface area (Å²) in [7, 11) is -2.31. The number of rotatable bonds is 5. The van der Waals surface area contributed by atoms with E-state index in [1.807, 2.05) is 0 Å². The molecule has 0 radical (unpaired) electrons. The van der Waals surface area contributed by atoms with Gasteiger partial charge in [-0.25, -0.2) is 13.1 Å². The molecule has 1 fully saturated rings. The summed E-state index contributed by atoms with van der Waals surface area (Å²) in [6, 6.07) is 4.55. The summed E-state index contributed by atoms with van der Waals surface area (Å²) in [6.07, 6.45) is 1.01. The fourth-order valence-corrected chi connectivity index (χ4v) is 3.42. The number of benzene rings is 1. The van der Waals surface area contributed by atoms with Crippen molar-refractivity contribution >= 4 is 27.6 Å². The standard InChI is InChI=1S/C14H18N2O5S/c1-8-3-4-9(7-12(8)22(20,21)15-2)16-13(17)10-5-6-11(10)14(18)19/h3-4,7,10-11,15H,5-6H2,1-2H3,(H,16,17)(H,18,19). The average Bonchev–Trinajstić information content (AvgIpc) is 2.38. The van der Waals surface area contributed by atoms with Gasteiger partial charge in [0.15, 0.2) is 0 Å². The van der Waals surface area contributed by atoms with Gasteiger partial charge in [-0.05, 0) is 44.5 Å². The monoisotopic (exact) mass is 326 g/mol. The number of anilines is 1. The first-order valence-electron chi connectivity index (χ1n) is 6.84. The second kappa shape index (κ2) is 6.05. The molecule has 0 spiro atoms. The summed E-state index contributed by atoms with van der Waals surface area (Å²) in [5.74, 6) is -2.60. The number of carbonyl (C=O) groups is 2. The summed E-state index contributed by atoms with van der Waals surface area (Å²) in [6.45, 7) is 1.65. The number of carbonyl (C=O) groups excluding carboxylic acids is 1. The van der Waals surface area contributed by atoms with Crippen LogP contribution in [0.4, 0.5) is 5.69 Å². The second-order valence-electron chi connectivity index (χ2n) is 5.31. The number of hydrogen-bond donors (Lipinski definition) is 3. The van der Waals surface area contributed by atoms with E-state index in [9.17, 15) is 18.0 Å². The normalized spacial score (nSPS) is 21.0. The highest BCUT2D eigenvalue weighted by Crippen LogP contribution is 2.35. The molecule has 8 heteroatoms. The van der Waals surface area contributed by atoms with Crippen molar-refractivity contribution in [1.82, 2.24) is 4.72 Å². The summed E-state index contributed by atoms with van der Waals surface area (Å²) in [4.78, 5) is 23.1. The lowest BCUT2D eigenvalue weighted by Gasteiger charge is -2.31. The molecule has 0 bridgehead atoms. The van der Waals surface area contributed by atoms with E-state index in [1.54, 1.807) is 19.1 Å². The SMILES string of the molecule is CNS(=O)(=O)c1cc(NC(=O)C2CCC2C(=O)O)ccc1C. The molecule has 120 valence electrons. The van der Waals surface area contributed by atoms with Gasteiger partial charge in [0.05, 0.1) is 16.7 Å². The van der Waals surface area contributed by atoms with Gasteiger partial charge in [-0.3, -0.25) is 9.59 Å².